The van der Waals surface area contributed by atoms with Gasteiger partial charge in [-0.15, -0.1) is 0 Å². The molecule has 1 aromatic heterocycles. The Hall–Kier alpha value is -2.99. The molecule has 1 aliphatic rings. The molecular formula is C22H24NO5+. The molecule has 28 heavy (non-hydrogen) atoms. The molecular weight excluding hydrogens is 358 g/mol. The lowest BCUT2D eigenvalue weighted by molar-refractivity contribution is -0.945. The van der Waals surface area contributed by atoms with E-state index in [0.29, 0.717) is 24.4 Å². The van der Waals surface area contributed by atoms with Crippen LogP contribution in [0.5, 0.6) is 17.2 Å². The van der Waals surface area contributed by atoms with Gasteiger partial charge in [0, 0.05) is 22.6 Å². The van der Waals surface area contributed by atoms with Crippen LogP contribution in [0.3, 0.4) is 0 Å². The van der Waals surface area contributed by atoms with E-state index in [-0.39, 0.29) is 5.63 Å². The zero-order valence-corrected chi connectivity index (χ0v) is 16.5. The van der Waals surface area contributed by atoms with Crippen molar-refractivity contribution >= 4 is 11.0 Å². The minimum Gasteiger partial charge on any atom is -0.497 e. The molecule has 1 unspecified atom stereocenters. The third-order valence-corrected chi connectivity index (χ3v) is 5.48. The van der Waals surface area contributed by atoms with E-state index in [0.717, 1.165) is 45.9 Å². The molecule has 1 N–H and O–H groups in total. The van der Waals surface area contributed by atoms with Gasteiger partial charge in [0.2, 0.25) is 6.73 Å². The Morgan fingerprint density at radius 3 is 2.64 bits per heavy atom. The van der Waals surface area contributed by atoms with Crippen LogP contribution in [-0.2, 0) is 13.1 Å². The van der Waals surface area contributed by atoms with Crippen molar-refractivity contribution < 1.29 is 23.5 Å². The van der Waals surface area contributed by atoms with Gasteiger partial charge in [-0.3, -0.25) is 4.90 Å². The summed E-state index contributed by atoms with van der Waals surface area (Å²) in [5.41, 5.74) is 3.95. The van der Waals surface area contributed by atoms with E-state index in [4.69, 9.17) is 18.6 Å². The first-order chi connectivity index (χ1) is 13.5. The van der Waals surface area contributed by atoms with Crippen molar-refractivity contribution in [2.45, 2.75) is 26.9 Å². The second kappa shape index (κ2) is 7.20. The van der Waals surface area contributed by atoms with Crippen molar-refractivity contribution in [3.63, 3.8) is 0 Å². The van der Waals surface area contributed by atoms with Crippen LogP contribution < -0.4 is 24.7 Å². The summed E-state index contributed by atoms with van der Waals surface area (Å²) in [7, 11) is 3.29. The summed E-state index contributed by atoms with van der Waals surface area (Å²) < 4.78 is 22.4. The van der Waals surface area contributed by atoms with Crippen molar-refractivity contribution in [2.24, 2.45) is 0 Å². The van der Waals surface area contributed by atoms with E-state index in [9.17, 15) is 4.79 Å². The summed E-state index contributed by atoms with van der Waals surface area (Å²) in [4.78, 5) is 13.4. The Morgan fingerprint density at radius 1 is 1.07 bits per heavy atom. The van der Waals surface area contributed by atoms with Gasteiger partial charge in [0.05, 0.1) is 19.8 Å². The fourth-order valence-electron chi connectivity index (χ4n) is 3.71. The van der Waals surface area contributed by atoms with Crippen LogP contribution in [0.15, 0.2) is 39.5 Å². The number of aryl methyl sites for hydroxylation is 1. The van der Waals surface area contributed by atoms with Crippen LogP contribution in [-0.4, -0.2) is 21.0 Å². The SMILES string of the molecule is COc1ccc(C[NH+]2COc3ccc4c(C)c(C)c(=O)oc4c3C2)c(OC)c1. The van der Waals surface area contributed by atoms with Crippen LogP contribution in [0, 0.1) is 13.8 Å². The number of fused-ring (bicyclic) bond motifs is 3. The molecule has 2 heterocycles. The predicted octanol–water partition coefficient (Wildman–Crippen LogP) is 2.36. The molecule has 0 radical (unpaired) electrons. The normalized spacial score (nSPS) is 15.8. The first kappa shape index (κ1) is 18.4. The standard InChI is InChI=1S/C22H23NO5/c1-13-14(2)22(24)28-21-17(13)7-8-19-18(21)11-23(12-27-19)10-15-5-6-16(25-3)9-20(15)26-4/h5-9H,10-12H2,1-4H3/p+1. The fourth-order valence-corrected chi connectivity index (χ4v) is 3.71. The number of ether oxygens (including phenoxy) is 3. The zero-order chi connectivity index (χ0) is 19.8. The van der Waals surface area contributed by atoms with Crippen molar-refractivity contribution in [1.82, 2.24) is 0 Å². The molecule has 4 rings (SSSR count). The van der Waals surface area contributed by atoms with Crippen molar-refractivity contribution in [3.8, 4) is 17.2 Å². The number of benzene rings is 2. The second-order valence-electron chi connectivity index (χ2n) is 7.13. The molecule has 1 aliphatic heterocycles. The molecule has 0 fully saturated rings. The van der Waals surface area contributed by atoms with Crippen LogP contribution in [0.4, 0.5) is 0 Å². The largest absolute Gasteiger partial charge is 0.497 e. The van der Waals surface area contributed by atoms with Crippen LogP contribution in [0.2, 0.25) is 0 Å². The van der Waals surface area contributed by atoms with Crippen molar-refractivity contribution in [3.05, 3.63) is 63.0 Å². The van der Waals surface area contributed by atoms with Gasteiger partial charge < -0.3 is 18.6 Å². The van der Waals surface area contributed by atoms with E-state index in [2.05, 4.69) is 0 Å². The second-order valence-corrected chi connectivity index (χ2v) is 7.13. The molecule has 1 atom stereocenters. The van der Waals surface area contributed by atoms with Gasteiger partial charge in [0.1, 0.15) is 30.3 Å². The summed E-state index contributed by atoms with van der Waals surface area (Å²) in [6.07, 6.45) is 0. The third-order valence-electron chi connectivity index (χ3n) is 5.48. The lowest BCUT2D eigenvalue weighted by atomic mass is 10.0. The van der Waals surface area contributed by atoms with Crippen LogP contribution in [0.1, 0.15) is 22.3 Å². The molecule has 0 amide bonds. The first-order valence-corrected chi connectivity index (χ1v) is 9.25. The fraction of sp³-hybridized carbons (Fsp3) is 0.318. The molecule has 6 nitrogen and oxygen atoms in total. The summed E-state index contributed by atoms with van der Waals surface area (Å²) in [6.45, 7) is 5.70. The molecule has 2 aromatic carbocycles. The Balaban J connectivity index is 1.69. The first-order valence-electron chi connectivity index (χ1n) is 9.25. The molecule has 0 aliphatic carbocycles. The molecule has 6 heteroatoms. The van der Waals surface area contributed by atoms with E-state index < -0.39 is 0 Å². The van der Waals surface area contributed by atoms with Gasteiger partial charge in [-0.05, 0) is 43.7 Å². The van der Waals surface area contributed by atoms with E-state index >= 15 is 0 Å². The summed E-state index contributed by atoms with van der Waals surface area (Å²) in [5.74, 6) is 2.33. The monoisotopic (exact) mass is 382 g/mol. The number of rotatable bonds is 4. The molecule has 0 bridgehead atoms. The highest BCUT2D eigenvalue weighted by atomic mass is 16.5. The topological polar surface area (TPSA) is 62.3 Å². The predicted molar refractivity (Wildman–Crippen MR) is 105 cm³/mol. The van der Waals surface area contributed by atoms with E-state index in [1.807, 2.05) is 37.3 Å². The van der Waals surface area contributed by atoms with Gasteiger partial charge in [-0.2, -0.15) is 0 Å². The average Bonchev–Trinajstić information content (AvgIpc) is 2.72. The minimum absolute atomic E-state index is 0.289. The van der Waals surface area contributed by atoms with Crippen molar-refractivity contribution in [2.75, 3.05) is 21.0 Å². The Labute approximate surface area is 163 Å². The van der Waals surface area contributed by atoms with Gasteiger partial charge in [-0.1, -0.05) is 0 Å². The molecule has 0 saturated heterocycles. The highest BCUT2D eigenvalue weighted by Gasteiger charge is 2.26. The molecule has 146 valence electrons. The molecule has 3 aromatic rings. The number of quaternary nitrogens is 1. The highest BCUT2D eigenvalue weighted by Crippen LogP contribution is 2.31. The van der Waals surface area contributed by atoms with Gasteiger partial charge >= 0.3 is 5.63 Å². The maximum absolute atomic E-state index is 12.2. The van der Waals surface area contributed by atoms with Crippen LogP contribution in [0.25, 0.3) is 11.0 Å². The summed E-state index contributed by atoms with van der Waals surface area (Å²) in [6, 6.07) is 9.76. The van der Waals surface area contributed by atoms with Crippen LogP contribution >= 0.6 is 0 Å². The number of hydrogen-bond donors (Lipinski definition) is 1. The maximum atomic E-state index is 12.2. The molecule has 0 saturated carbocycles. The van der Waals surface area contributed by atoms with E-state index in [1.54, 1.807) is 21.1 Å². The van der Waals surface area contributed by atoms with Gasteiger partial charge in [-0.25, -0.2) is 4.79 Å². The highest BCUT2D eigenvalue weighted by molar-refractivity contribution is 5.85. The quantitative estimate of drug-likeness (QED) is 0.702. The lowest BCUT2D eigenvalue weighted by Gasteiger charge is -2.27. The summed E-state index contributed by atoms with van der Waals surface area (Å²) in [5, 5.41) is 0.961. The Morgan fingerprint density at radius 2 is 1.89 bits per heavy atom. The number of methoxy groups -OCH3 is 2. The van der Waals surface area contributed by atoms with Crippen molar-refractivity contribution in [1.29, 1.82) is 0 Å². The van der Waals surface area contributed by atoms with Gasteiger partial charge in [0.25, 0.3) is 0 Å². The number of nitrogens with one attached hydrogen (secondary N) is 1. The smallest absolute Gasteiger partial charge is 0.339 e. The average molecular weight is 382 g/mol. The Bertz CT molecular complexity index is 1100. The lowest BCUT2D eigenvalue weighted by Crippen LogP contribution is -3.10. The Kier molecular flexibility index (Phi) is 4.73. The number of hydrogen-bond acceptors (Lipinski definition) is 5. The van der Waals surface area contributed by atoms with E-state index in [1.165, 1.54) is 4.90 Å². The third kappa shape index (κ3) is 3.10. The summed E-state index contributed by atoms with van der Waals surface area (Å²) >= 11 is 0. The molecule has 0 spiro atoms. The maximum Gasteiger partial charge on any atom is 0.339 e. The zero-order valence-electron chi connectivity index (χ0n) is 16.5. The minimum atomic E-state index is -0.289. The van der Waals surface area contributed by atoms with Gasteiger partial charge in [0.15, 0.2) is 5.58 Å².